The number of likely N-dealkylation sites (tertiary alicyclic amines) is 1. The highest BCUT2D eigenvalue weighted by atomic mass is 16.6. The first-order chi connectivity index (χ1) is 18.5. The topological polar surface area (TPSA) is 95.8 Å². The quantitative estimate of drug-likeness (QED) is 0.204. The van der Waals surface area contributed by atoms with Gasteiger partial charge in [-0.2, -0.15) is 0 Å². The van der Waals surface area contributed by atoms with E-state index in [0.717, 1.165) is 47.0 Å². The highest BCUT2D eigenvalue weighted by molar-refractivity contribution is 5.89. The van der Waals surface area contributed by atoms with Crippen molar-refractivity contribution in [3.8, 4) is 0 Å². The van der Waals surface area contributed by atoms with Crippen LogP contribution in [-0.2, 0) is 32.2 Å². The number of carbonyl (C=O) groups is 2. The van der Waals surface area contributed by atoms with Crippen LogP contribution < -0.4 is 0 Å². The molecule has 0 saturated carbocycles. The number of nitrogens with zero attached hydrogens (tertiary/aromatic N) is 4. The number of carbonyl (C=O) groups excluding carboxylic acids is 2. The normalized spacial score (nSPS) is 14.3. The molecule has 3 aromatic rings. The molecule has 0 spiro atoms. The average molecular weight is 521 g/mol. The Morgan fingerprint density at radius 3 is 2.63 bits per heavy atom. The van der Waals surface area contributed by atoms with Crippen LogP contribution in [0.3, 0.4) is 0 Å². The number of aryl methyl sites for hydroxylation is 2. The first-order valence-electron chi connectivity index (χ1n) is 13.3. The molecule has 0 radical (unpaired) electrons. The fourth-order valence-corrected chi connectivity index (χ4v) is 4.54. The molecule has 0 bridgehead atoms. The highest BCUT2D eigenvalue weighted by Gasteiger charge is 2.24. The van der Waals surface area contributed by atoms with E-state index in [1.807, 2.05) is 54.1 Å². The summed E-state index contributed by atoms with van der Waals surface area (Å²) in [7, 11) is 0. The van der Waals surface area contributed by atoms with Crippen molar-refractivity contribution < 1.29 is 23.8 Å². The van der Waals surface area contributed by atoms with Crippen LogP contribution in [0, 0.1) is 12.8 Å². The predicted octanol–water partition coefficient (Wildman–Crippen LogP) is 4.77. The number of ether oxygens (including phenoxy) is 3. The van der Waals surface area contributed by atoms with Crippen molar-refractivity contribution in [3.63, 3.8) is 0 Å². The Kier molecular flexibility index (Phi) is 9.86. The predicted molar refractivity (Wildman–Crippen MR) is 144 cm³/mol. The maximum absolute atomic E-state index is 12.3. The Bertz CT molecular complexity index is 1230. The van der Waals surface area contributed by atoms with Crippen molar-refractivity contribution >= 4 is 29.2 Å². The summed E-state index contributed by atoms with van der Waals surface area (Å²) in [5.74, 6) is 0.0895. The molecular weight excluding hydrogens is 484 g/mol. The molecule has 0 N–H and O–H groups in total. The largest absolute Gasteiger partial charge is 0.463 e. The molecule has 0 aliphatic carbocycles. The van der Waals surface area contributed by atoms with Crippen LogP contribution in [0.15, 0.2) is 48.5 Å². The van der Waals surface area contributed by atoms with Crippen LogP contribution in [-0.4, -0.2) is 64.9 Å². The second-order valence-electron chi connectivity index (χ2n) is 9.44. The zero-order chi connectivity index (χ0) is 26.7. The van der Waals surface area contributed by atoms with E-state index in [2.05, 4.69) is 10.3 Å². The van der Waals surface area contributed by atoms with Gasteiger partial charge in [0, 0.05) is 38.9 Å². The third-order valence-corrected chi connectivity index (χ3v) is 6.76. The van der Waals surface area contributed by atoms with Gasteiger partial charge in [0.25, 0.3) is 0 Å². The monoisotopic (exact) mass is 520 g/mol. The Labute approximate surface area is 223 Å². The molecule has 9 nitrogen and oxygen atoms in total. The number of hydrogen-bond donors (Lipinski definition) is 0. The van der Waals surface area contributed by atoms with Crippen molar-refractivity contribution in [2.45, 2.75) is 46.3 Å². The van der Waals surface area contributed by atoms with Crippen molar-refractivity contribution in [2.24, 2.45) is 5.92 Å². The van der Waals surface area contributed by atoms with Gasteiger partial charge in [-0.3, -0.25) is 0 Å². The van der Waals surface area contributed by atoms with Crippen molar-refractivity contribution in [1.82, 2.24) is 19.9 Å². The molecule has 1 aromatic heterocycles. The summed E-state index contributed by atoms with van der Waals surface area (Å²) in [5.41, 5.74) is 4.66. The van der Waals surface area contributed by atoms with Gasteiger partial charge in [-0.05, 0) is 67.9 Å². The van der Waals surface area contributed by atoms with Crippen LogP contribution in [0.1, 0.15) is 42.9 Å². The lowest BCUT2D eigenvalue weighted by Crippen LogP contribution is -2.39. The van der Waals surface area contributed by atoms with Gasteiger partial charge in [0.05, 0.1) is 12.1 Å². The fraction of sp³-hybridized carbons (Fsp3) is 0.448. The van der Waals surface area contributed by atoms with Gasteiger partial charge < -0.3 is 19.1 Å². The van der Waals surface area contributed by atoms with E-state index >= 15 is 0 Å². The first-order valence-corrected chi connectivity index (χ1v) is 13.3. The summed E-state index contributed by atoms with van der Waals surface area (Å²) < 4.78 is 18.2. The van der Waals surface area contributed by atoms with Crippen molar-refractivity contribution in [1.29, 1.82) is 0 Å². The lowest BCUT2D eigenvalue weighted by molar-refractivity contribution is -0.137. The summed E-state index contributed by atoms with van der Waals surface area (Å²) in [6, 6.07) is 13.7. The average Bonchev–Trinajstić information content (AvgIpc) is 3.36. The van der Waals surface area contributed by atoms with E-state index in [0.29, 0.717) is 52.0 Å². The van der Waals surface area contributed by atoms with Crippen molar-refractivity contribution in [3.05, 3.63) is 65.2 Å². The Morgan fingerprint density at radius 2 is 1.87 bits per heavy atom. The number of aromatic nitrogens is 3. The molecule has 2 heterocycles. The van der Waals surface area contributed by atoms with E-state index in [4.69, 9.17) is 14.2 Å². The van der Waals surface area contributed by atoms with E-state index in [1.165, 1.54) is 6.08 Å². The first kappa shape index (κ1) is 27.3. The summed E-state index contributed by atoms with van der Waals surface area (Å²) >= 11 is 0. The minimum Gasteiger partial charge on any atom is -0.463 e. The summed E-state index contributed by atoms with van der Waals surface area (Å²) in [5, 5.41) is 8.66. The van der Waals surface area contributed by atoms with E-state index in [1.54, 1.807) is 17.9 Å². The molecule has 1 amide bonds. The van der Waals surface area contributed by atoms with E-state index in [-0.39, 0.29) is 12.1 Å². The molecule has 1 saturated heterocycles. The third-order valence-electron chi connectivity index (χ3n) is 6.76. The Balaban J connectivity index is 1.15. The molecule has 2 aromatic carbocycles. The number of rotatable bonds is 11. The lowest BCUT2D eigenvalue weighted by Gasteiger charge is -2.31. The second kappa shape index (κ2) is 13.7. The molecule has 202 valence electrons. The molecular formula is C29H36N4O5. The van der Waals surface area contributed by atoms with Crippen LogP contribution in [0.25, 0.3) is 17.1 Å². The van der Waals surface area contributed by atoms with Crippen molar-refractivity contribution in [2.75, 3.05) is 32.9 Å². The number of piperidine rings is 1. The Hall–Kier alpha value is -3.72. The van der Waals surface area contributed by atoms with Gasteiger partial charge >= 0.3 is 12.1 Å². The molecule has 0 atom stereocenters. The number of benzene rings is 2. The van der Waals surface area contributed by atoms with Gasteiger partial charge in [0.2, 0.25) is 0 Å². The van der Waals surface area contributed by atoms with Gasteiger partial charge in [-0.15, -0.1) is 5.10 Å². The zero-order valence-electron chi connectivity index (χ0n) is 22.2. The smallest absolute Gasteiger partial charge is 0.410 e. The highest BCUT2D eigenvalue weighted by Crippen LogP contribution is 2.22. The number of fused-ring (bicyclic) bond motifs is 1. The van der Waals surface area contributed by atoms with Gasteiger partial charge in [0.1, 0.15) is 12.1 Å². The minimum absolute atomic E-state index is 0.245. The van der Waals surface area contributed by atoms with Crippen LogP contribution in [0.4, 0.5) is 4.79 Å². The zero-order valence-corrected chi connectivity index (χ0v) is 22.2. The maximum Gasteiger partial charge on any atom is 0.410 e. The van der Waals surface area contributed by atoms with Gasteiger partial charge in [0.15, 0.2) is 0 Å². The van der Waals surface area contributed by atoms with Gasteiger partial charge in [-0.1, -0.05) is 41.6 Å². The number of hydrogen-bond acceptors (Lipinski definition) is 7. The standard InChI is InChI=1S/C29H36N4O5/c1-3-37-27(34)13-11-25-10-12-26-28(22(25)2)30-31-33(26)16-7-19-36-20-24-14-17-32(18-15-24)29(35)38-21-23-8-5-4-6-9-23/h4-6,8-13,24H,3,7,14-21H2,1-2H3/b13-11+. The van der Waals surface area contributed by atoms with Crippen LogP contribution in [0.2, 0.25) is 0 Å². The molecule has 4 rings (SSSR count). The number of amides is 1. The maximum atomic E-state index is 12.3. The Morgan fingerprint density at radius 1 is 1.08 bits per heavy atom. The molecule has 0 unspecified atom stereocenters. The SMILES string of the molecule is CCOC(=O)/C=C/c1ccc2c(nnn2CCCOCC2CCN(C(=O)OCc3ccccc3)CC2)c1C. The molecule has 38 heavy (non-hydrogen) atoms. The lowest BCUT2D eigenvalue weighted by atomic mass is 9.98. The third kappa shape index (κ3) is 7.41. The summed E-state index contributed by atoms with van der Waals surface area (Å²) in [6.45, 7) is 7.85. The molecule has 1 fully saturated rings. The number of esters is 1. The van der Waals surface area contributed by atoms with E-state index < -0.39 is 0 Å². The molecule has 9 heteroatoms. The fourth-order valence-electron chi connectivity index (χ4n) is 4.54. The van der Waals surface area contributed by atoms with E-state index in [9.17, 15) is 9.59 Å². The molecule has 1 aliphatic heterocycles. The second-order valence-corrected chi connectivity index (χ2v) is 9.44. The minimum atomic E-state index is -0.359. The summed E-state index contributed by atoms with van der Waals surface area (Å²) in [4.78, 5) is 25.7. The van der Waals surface area contributed by atoms with Gasteiger partial charge in [-0.25, -0.2) is 14.3 Å². The molecule has 1 aliphatic rings. The summed E-state index contributed by atoms with van der Waals surface area (Å²) in [6.07, 6.45) is 5.59. The van der Waals surface area contributed by atoms with Crippen LogP contribution >= 0.6 is 0 Å². The van der Waals surface area contributed by atoms with Crippen LogP contribution in [0.5, 0.6) is 0 Å².